The molecule has 0 saturated heterocycles. The molecule has 10 nitrogen and oxygen atoms in total. The number of aryl methyl sites for hydroxylation is 2. The third-order valence-corrected chi connectivity index (χ3v) is 6.67. The summed E-state index contributed by atoms with van der Waals surface area (Å²) in [6, 6.07) is 12.0. The van der Waals surface area contributed by atoms with Gasteiger partial charge >= 0.3 is 5.97 Å². The standard InChI is InChI=1S/C26H33FN6O4/c1-16-23(37-19-10-6-9-18(13-19)25(34)35)12-11-20(29-16)24-22(33(2)32-31-24)15-28-26(36)30-21(14-27)17-7-4-3-5-8-17/h3-5,7-8,11-12,18-19,21,26,28,30,36H,6,9-10,13-15H2,1-2H3,(H,34,35)/t18-,19-,21?,26?/m0/s1. The molecular weight excluding hydrogens is 479 g/mol. The smallest absolute Gasteiger partial charge is 0.306 e. The van der Waals surface area contributed by atoms with Gasteiger partial charge in [0.1, 0.15) is 18.1 Å². The number of hydrogen-bond acceptors (Lipinski definition) is 8. The van der Waals surface area contributed by atoms with Crippen LogP contribution < -0.4 is 15.4 Å². The number of nitrogens with zero attached hydrogens (tertiary/aromatic N) is 4. The van der Waals surface area contributed by atoms with E-state index in [9.17, 15) is 19.4 Å². The molecule has 4 atom stereocenters. The zero-order chi connectivity index (χ0) is 26.4. The summed E-state index contributed by atoms with van der Waals surface area (Å²) in [7, 11) is 1.74. The summed E-state index contributed by atoms with van der Waals surface area (Å²) in [6.07, 6.45) is 1.48. The van der Waals surface area contributed by atoms with Gasteiger partial charge in [0.25, 0.3) is 0 Å². The number of aliphatic carboxylic acids is 1. The zero-order valence-electron chi connectivity index (χ0n) is 21.0. The first kappa shape index (κ1) is 26.6. The molecule has 4 N–H and O–H groups in total. The number of pyridine rings is 1. The molecule has 11 heteroatoms. The quantitative estimate of drug-likeness (QED) is 0.286. The van der Waals surface area contributed by atoms with E-state index in [0.717, 1.165) is 18.4 Å². The van der Waals surface area contributed by atoms with Gasteiger partial charge in [0, 0.05) is 13.6 Å². The van der Waals surface area contributed by atoms with Crippen molar-refractivity contribution in [3.8, 4) is 17.1 Å². The fourth-order valence-electron chi connectivity index (χ4n) is 4.59. The van der Waals surface area contributed by atoms with Crippen molar-refractivity contribution in [3.63, 3.8) is 0 Å². The maximum absolute atomic E-state index is 13.6. The third-order valence-electron chi connectivity index (χ3n) is 6.67. The molecule has 2 aromatic heterocycles. The van der Waals surface area contributed by atoms with E-state index in [1.54, 1.807) is 29.9 Å². The summed E-state index contributed by atoms with van der Waals surface area (Å²) < 4.78 is 21.3. The van der Waals surface area contributed by atoms with E-state index in [2.05, 4.69) is 25.9 Å². The fraction of sp³-hybridized carbons (Fsp3) is 0.462. The number of hydrogen-bond donors (Lipinski definition) is 4. The van der Waals surface area contributed by atoms with E-state index in [-0.39, 0.29) is 18.6 Å². The minimum atomic E-state index is -1.17. The van der Waals surface area contributed by atoms with Crippen molar-refractivity contribution in [3.05, 3.63) is 59.4 Å². The van der Waals surface area contributed by atoms with Crippen molar-refractivity contribution < 1.29 is 24.1 Å². The molecule has 1 saturated carbocycles. The van der Waals surface area contributed by atoms with Gasteiger partial charge in [-0.05, 0) is 50.3 Å². The molecule has 2 heterocycles. The summed E-state index contributed by atoms with van der Waals surface area (Å²) in [6.45, 7) is 1.37. The number of alkyl halides is 1. The number of nitrogens with one attached hydrogen (secondary N) is 2. The Morgan fingerprint density at radius 3 is 2.73 bits per heavy atom. The van der Waals surface area contributed by atoms with E-state index < -0.39 is 25.0 Å². The first-order chi connectivity index (χ1) is 17.9. The second kappa shape index (κ2) is 12.2. The number of aromatic nitrogens is 4. The molecule has 198 valence electrons. The summed E-state index contributed by atoms with van der Waals surface area (Å²) in [5.74, 6) is -0.539. The predicted molar refractivity (Wildman–Crippen MR) is 134 cm³/mol. The minimum Gasteiger partial charge on any atom is -0.489 e. The van der Waals surface area contributed by atoms with Crippen LogP contribution in [0.5, 0.6) is 5.75 Å². The van der Waals surface area contributed by atoms with Crippen molar-refractivity contribution in [1.82, 2.24) is 30.6 Å². The maximum Gasteiger partial charge on any atom is 0.306 e. The van der Waals surface area contributed by atoms with Crippen LogP contribution in [-0.4, -0.2) is 55.3 Å². The van der Waals surface area contributed by atoms with Crippen molar-refractivity contribution >= 4 is 5.97 Å². The number of rotatable bonds is 11. The molecule has 4 rings (SSSR count). The molecule has 3 aromatic rings. The highest BCUT2D eigenvalue weighted by atomic mass is 19.1. The van der Waals surface area contributed by atoms with Gasteiger partial charge in [-0.3, -0.25) is 20.1 Å². The molecule has 0 radical (unpaired) electrons. The van der Waals surface area contributed by atoms with Crippen LogP contribution in [0.4, 0.5) is 4.39 Å². The topological polar surface area (TPSA) is 134 Å². The van der Waals surface area contributed by atoms with E-state index in [0.29, 0.717) is 41.4 Å². The Bertz CT molecular complexity index is 1190. The van der Waals surface area contributed by atoms with Gasteiger partial charge in [0.2, 0.25) is 0 Å². The van der Waals surface area contributed by atoms with Crippen LogP contribution in [0.2, 0.25) is 0 Å². The Balaban J connectivity index is 1.41. The molecule has 2 unspecified atom stereocenters. The van der Waals surface area contributed by atoms with Crippen LogP contribution >= 0.6 is 0 Å². The SMILES string of the molecule is Cc1nc(-c2nnn(C)c2CNC(O)NC(CF)c2ccccc2)ccc1O[C@H]1CCC[C@H](C(=O)O)C1. The average Bonchev–Trinajstić information content (AvgIpc) is 3.28. The highest BCUT2D eigenvalue weighted by Crippen LogP contribution is 2.30. The van der Waals surface area contributed by atoms with E-state index in [1.807, 2.05) is 31.2 Å². The van der Waals surface area contributed by atoms with Crippen molar-refractivity contribution in [2.24, 2.45) is 13.0 Å². The van der Waals surface area contributed by atoms with Crippen LogP contribution in [0.1, 0.15) is 48.7 Å². The summed E-state index contributed by atoms with van der Waals surface area (Å²) in [5.41, 5.74) is 3.23. The van der Waals surface area contributed by atoms with Crippen LogP contribution in [0.25, 0.3) is 11.4 Å². The normalized spacial score (nSPS) is 19.4. The highest BCUT2D eigenvalue weighted by Gasteiger charge is 2.28. The lowest BCUT2D eigenvalue weighted by atomic mass is 9.87. The van der Waals surface area contributed by atoms with Crippen LogP contribution in [0.3, 0.4) is 0 Å². The monoisotopic (exact) mass is 512 g/mol. The second-order valence-electron chi connectivity index (χ2n) is 9.30. The zero-order valence-corrected chi connectivity index (χ0v) is 21.0. The number of carboxylic acids is 1. The van der Waals surface area contributed by atoms with Crippen LogP contribution in [0, 0.1) is 12.8 Å². The lowest BCUT2D eigenvalue weighted by Crippen LogP contribution is -2.44. The Labute approximate surface area is 214 Å². The molecule has 0 aliphatic heterocycles. The molecule has 1 aliphatic carbocycles. The average molecular weight is 513 g/mol. The number of ether oxygens (including phenoxy) is 1. The summed E-state index contributed by atoms with van der Waals surface area (Å²) >= 11 is 0. The van der Waals surface area contributed by atoms with Gasteiger partial charge in [0.05, 0.1) is 35.1 Å². The molecule has 1 fully saturated rings. The van der Waals surface area contributed by atoms with Gasteiger partial charge in [-0.2, -0.15) is 0 Å². The molecule has 37 heavy (non-hydrogen) atoms. The van der Waals surface area contributed by atoms with Crippen molar-refractivity contribution in [2.45, 2.75) is 57.6 Å². The third kappa shape index (κ3) is 6.68. The van der Waals surface area contributed by atoms with E-state index in [4.69, 9.17) is 4.74 Å². The van der Waals surface area contributed by atoms with Crippen molar-refractivity contribution in [1.29, 1.82) is 0 Å². The van der Waals surface area contributed by atoms with E-state index in [1.165, 1.54) is 0 Å². The van der Waals surface area contributed by atoms with Crippen LogP contribution in [0.15, 0.2) is 42.5 Å². The molecule has 0 spiro atoms. The van der Waals surface area contributed by atoms with Gasteiger partial charge < -0.3 is 14.9 Å². The van der Waals surface area contributed by atoms with Crippen LogP contribution in [-0.2, 0) is 18.4 Å². The fourth-order valence-corrected chi connectivity index (χ4v) is 4.59. The minimum absolute atomic E-state index is 0.157. The number of carbonyl (C=O) groups is 1. The Morgan fingerprint density at radius 1 is 1.24 bits per heavy atom. The largest absolute Gasteiger partial charge is 0.489 e. The predicted octanol–water partition coefficient (Wildman–Crippen LogP) is 2.87. The Hall–Kier alpha value is -3.41. The Kier molecular flexibility index (Phi) is 8.80. The number of benzene rings is 1. The lowest BCUT2D eigenvalue weighted by molar-refractivity contribution is -0.143. The Morgan fingerprint density at radius 2 is 2.03 bits per heavy atom. The number of carboxylic acid groups (broad SMARTS) is 1. The number of halogens is 1. The van der Waals surface area contributed by atoms with Gasteiger partial charge in [-0.25, -0.2) is 9.37 Å². The molecule has 1 aliphatic rings. The number of aliphatic hydroxyl groups is 1. The lowest BCUT2D eigenvalue weighted by Gasteiger charge is -2.27. The first-order valence-corrected chi connectivity index (χ1v) is 12.4. The van der Waals surface area contributed by atoms with Gasteiger partial charge in [-0.1, -0.05) is 35.5 Å². The first-order valence-electron chi connectivity index (χ1n) is 12.4. The van der Waals surface area contributed by atoms with Gasteiger partial charge in [-0.15, -0.1) is 5.10 Å². The molecule has 1 aromatic carbocycles. The van der Waals surface area contributed by atoms with E-state index >= 15 is 0 Å². The number of aliphatic hydroxyl groups excluding tert-OH is 1. The van der Waals surface area contributed by atoms with Crippen molar-refractivity contribution in [2.75, 3.05) is 6.67 Å². The molecule has 0 amide bonds. The highest BCUT2D eigenvalue weighted by molar-refractivity contribution is 5.70. The second-order valence-corrected chi connectivity index (χ2v) is 9.30. The summed E-state index contributed by atoms with van der Waals surface area (Å²) in [4.78, 5) is 16.0. The summed E-state index contributed by atoms with van der Waals surface area (Å²) in [5, 5.41) is 33.9. The maximum atomic E-state index is 13.6. The molecule has 0 bridgehead atoms. The molecular formula is C26H33FN6O4. The van der Waals surface area contributed by atoms with Gasteiger partial charge in [0.15, 0.2) is 6.35 Å².